The molecule has 0 saturated heterocycles. The molecule has 0 aromatic heterocycles. The van der Waals surface area contributed by atoms with Crippen molar-refractivity contribution in [3.8, 4) is 5.75 Å². The van der Waals surface area contributed by atoms with Crippen molar-refractivity contribution >= 4 is 17.4 Å². The lowest BCUT2D eigenvalue weighted by molar-refractivity contribution is -0.113. The Balaban J connectivity index is 2.59. The Morgan fingerprint density at radius 1 is 1.36 bits per heavy atom. The molecule has 0 radical (unpaired) electrons. The van der Waals surface area contributed by atoms with Crippen LogP contribution in [0.4, 0.5) is 5.69 Å². The molecule has 5 heteroatoms. The van der Waals surface area contributed by atoms with Gasteiger partial charge in [-0.3, -0.25) is 9.59 Å². The number of anilines is 1. The summed E-state index contributed by atoms with van der Waals surface area (Å²) in [6.45, 7) is 0. The first-order valence-corrected chi connectivity index (χ1v) is 3.89. The monoisotopic (exact) mass is 192 g/mol. The summed E-state index contributed by atoms with van der Waals surface area (Å²) in [5.74, 6) is -1.38. The number of benzene rings is 1. The number of amides is 1. The average Bonchev–Trinajstić information content (AvgIpc) is 2.44. The number of methoxy groups -OCH3 is 1. The molecular weight excluding hydrogens is 186 g/mol. The van der Waals surface area contributed by atoms with E-state index in [4.69, 9.17) is 4.74 Å². The van der Waals surface area contributed by atoms with Crippen LogP contribution in [0.2, 0.25) is 0 Å². The summed E-state index contributed by atoms with van der Waals surface area (Å²) >= 11 is 0. The third-order valence-corrected chi connectivity index (χ3v) is 2.05. The van der Waals surface area contributed by atoms with Crippen LogP contribution in [0.1, 0.15) is 10.4 Å². The van der Waals surface area contributed by atoms with Gasteiger partial charge in [0.05, 0.1) is 12.7 Å². The molecule has 0 fully saturated rings. The quantitative estimate of drug-likeness (QED) is 0.615. The SMILES string of the molecule is COc1ccc2c(c1)N([O-])C(=O)C2=O. The Kier molecular flexibility index (Phi) is 1.75. The molecule has 72 valence electrons. The van der Waals surface area contributed by atoms with Crippen LogP contribution in [0.3, 0.4) is 0 Å². The van der Waals surface area contributed by atoms with Gasteiger partial charge in [-0.1, -0.05) is 0 Å². The van der Waals surface area contributed by atoms with Crippen molar-refractivity contribution in [1.29, 1.82) is 0 Å². The van der Waals surface area contributed by atoms with E-state index < -0.39 is 11.7 Å². The smallest absolute Gasteiger partial charge is 0.288 e. The Bertz CT molecular complexity index is 427. The van der Waals surface area contributed by atoms with Crippen LogP contribution in [-0.4, -0.2) is 18.8 Å². The fraction of sp³-hybridized carbons (Fsp3) is 0.111. The summed E-state index contributed by atoms with van der Waals surface area (Å²) < 4.78 is 4.87. The van der Waals surface area contributed by atoms with Crippen molar-refractivity contribution in [2.75, 3.05) is 12.2 Å². The maximum absolute atomic E-state index is 11.2. The average molecular weight is 192 g/mol. The van der Waals surface area contributed by atoms with Gasteiger partial charge in [0.15, 0.2) is 0 Å². The summed E-state index contributed by atoms with van der Waals surface area (Å²) in [4.78, 5) is 22.2. The highest BCUT2D eigenvalue weighted by Crippen LogP contribution is 2.31. The molecule has 1 aromatic rings. The highest BCUT2D eigenvalue weighted by molar-refractivity contribution is 6.52. The van der Waals surface area contributed by atoms with Gasteiger partial charge in [-0.2, -0.15) is 0 Å². The van der Waals surface area contributed by atoms with Gasteiger partial charge in [0.1, 0.15) is 5.75 Å². The van der Waals surface area contributed by atoms with Crippen LogP contribution >= 0.6 is 0 Å². The minimum absolute atomic E-state index is 0.0550. The third kappa shape index (κ3) is 0.993. The van der Waals surface area contributed by atoms with Gasteiger partial charge in [0.25, 0.3) is 11.7 Å². The number of Topliss-reactive ketones (excluding diaryl/α,β-unsaturated/α-hetero) is 1. The van der Waals surface area contributed by atoms with Crippen LogP contribution in [0.25, 0.3) is 0 Å². The highest BCUT2D eigenvalue weighted by Gasteiger charge is 2.30. The summed E-state index contributed by atoms with van der Waals surface area (Å²) in [7, 11) is 1.44. The summed E-state index contributed by atoms with van der Waals surface area (Å²) in [6.07, 6.45) is 0. The number of carbonyl (C=O) groups is 2. The van der Waals surface area contributed by atoms with E-state index in [-0.39, 0.29) is 16.3 Å². The Labute approximate surface area is 79.5 Å². The van der Waals surface area contributed by atoms with E-state index in [1.54, 1.807) is 0 Å². The van der Waals surface area contributed by atoms with Crippen LogP contribution in [-0.2, 0) is 4.79 Å². The second-order valence-corrected chi connectivity index (χ2v) is 2.81. The van der Waals surface area contributed by atoms with Crippen molar-refractivity contribution in [2.45, 2.75) is 0 Å². The van der Waals surface area contributed by atoms with Gasteiger partial charge in [-0.05, 0) is 12.1 Å². The van der Waals surface area contributed by atoms with Crippen LogP contribution in [0.5, 0.6) is 5.75 Å². The van der Waals surface area contributed by atoms with Gasteiger partial charge in [-0.15, -0.1) is 0 Å². The first kappa shape index (κ1) is 8.71. The molecule has 2 rings (SSSR count). The minimum atomic E-state index is -1.05. The van der Waals surface area contributed by atoms with E-state index in [1.165, 1.54) is 25.3 Å². The molecular formula is C9H6NO4-. The second kappa shape index (κ2) is 2.81. The largest absolute Gasteiger partial charge is 0.751 e. The number of hydrogen-bond acceptors (Lipinski definition) is 4. The molecule has 0 atom stereocenters. The molecule has 1 aliphatic heterocycles. The van der Waals surface area contributed by atoms with Crippen molar-refractivity contribution in [1.82, 2.24) is 0 Å². The molecule has 1 aliphatic rings. The molecule has 14 heavy (non-hydrogen) atoms. The van der Waals surface area contributed by atoms with E-state index in [2.05, 4.69) is 0 Å². The zero-order chi connectivity index (χ0) is 10.3. The lowest BCUT2D eigenvalue weighted by Crippen LogP contribution is -2.22. The number of ether oxygens (including phenoxy) is 1. The van der Waals surface area contributed by atoms with Gasteiger partial charge in [0, 0.05) is 11.8 Å². The summed E-state index contributed by atoms with van der Waals surface area (Å²) in [5, 5.41) is 11.2. The van der Waals surface area contributed by atoms with Gasteiger partial charge >= 0.3 is 0 Å². The molecule has 1 amide bonds. The van der Waals surface area contributed by atoms with Gasteiger partial charge < -0.3 is 15.0 Å². The van der Waals surface area contributed by atoms with Gasteiger partial charge in [-0.25, -0.2) is 0 Å². The van der Waals surface area contributed by atoms with E-state index >= 15 is 0 Å². The third-order valence-electron chi connectivity index (χ3n) is 2.05. The molecule has 0 unspecified atom stereocenters. The van der Waals surface area contributed by atoms with Crippen molar-refractivity contribution in [3.05, 3.63) is 29.0 Å². The minimum Gasteiger partial charge on any atom is -0.751 e. The van der Waals surface area contributed by atoms with Crippen LogP contribution < -0.4 is 9.80 Å². The predicted octanol–water partition coefficient (Wildman–Crippen LogP) is 0.722. The fourth-order valence-electron chi connectivity index (χ4n) is 1.32. The Morgan fingerprint density at radius 2 is 2.07 bits per heavy atom. The number of nitrogens with zero attached hydrogens (tertiary/aromatic N) is 1. The molecule has 0 N–H and O–H groups in total. The normalized spacial score (nSPS) is 14.6. The number of hydroxylamine groups is 1. The van der Waals surface area contributed by atoms with Gasteiger partial charge in [0.2, 0.25) is 0 Å². The highest BCUT2D eigenvalue weighted by atomic mass is 16.5. The first-order valence-electron chi connectivity index (χ1n) is 3.89. The lowest BCUT2D eigenvalue weighted by atomic mass is 10.1. The molecule has 5 nitrogen and oxygen atoms in total. The Morgan fingerprint density at radius 3 is 2.71 bits per heavy atom. The molecule has 0 bridgehead atoms. The van der Waals surface area contributed by atoms with Crippen LogP contribution in [0.15, 0.2) is 18.2 Å². The molecule has 1 heterocycles. The second-order valence-electron chi connectivity index (χ2n) is 2.81. The number of ketones is 1. The van der Waals surface area contributed by atoms with Crippen molar-refractivity contribution in [2.24, 2.45) is 0 Å². The maximum atomic E-state index is 11.2. The first-order chi connectivity index (χ1) is 6.65. The lowest BCUT2D eigenvalue weighted by Gasteiger charge is -2.21. The molecule has 0 saturated carbocycles. The molecule has 1 aromatic carbocycles. The van der Waals surface area contributed by atoms with E-state index in [9.17, 15) is 14.8 Å². The number of fused-ring (bicyclic) bond motifs is 1. The van der Waals surface area contributed by atoms with E-state index in [0.717, 1.165) is 0 Å². The van der Waals surface area contributed by atoms with Crippen molar-refractivity contribution < 1.29 is 14.3 Å². The number of rotatable bonds is 1. The summed E-state index contributed by atoms with van der Waals surface area (Å²) in [5.41, 5.74) is 0.185. The topological polar surface area (TPSA) is 69.7 Å². The molecule has 0 spiro atoms. The van der Waals surface area contributed by atoms with E-state index in [0.29, 0.717) is 5.75 Å². The van der Waals surface area contributed by atoms with E-state index in [1.807, 2.05) is 0 Å². The number of hydrogen-bond donors (Lipinski definition) is 0. The fourth-order valence-corrected chi connectivity index (χ4v) is 1.32. The predicted molar refractivity (Wildman–Crippen MR) is 48.2 cm³/mol. The zero-order valence-electron chi connectivity index (χ0n) is 7.31. The van der Waals surface area contributed by atoms with Crippen LogP contribution in [0, 0.1) is 5.21 Å². The maximum Gasteiger partial charge on any atom is 0.288 e. The standard InChI is InChI=1S/C9H6NO4/c1-14-5-2-3-6-7(4-5)10(13)9(12)8(6)11/h2-4H,1H3/q-1. The summed E-state index contributed by atoms with van der Waals surface area (Å²) in [6, 6.07) is 4.31. The Hall–Kier alpha value is -1.88. The number of carbonyl (C=O) groups excluding carboxylic acids is 2. The van der Waals surface area contributed by atoms with Crippen molar-refractivity contribution in [3.63, 3.8) is 0 Å². The molecule has 0 aliphatic carbocycles. The zero-order valence-corrected chi connectivity index (χ0v) is 7.31.